The highest BCUT2D eigenvalue weighted by molar-refractivity contribution is 5.92. The average Bonchev–Trinajstić information content (AvgIpc) is 2.77. The number of nitrogens with one attached hydrogen (secondary N) is 4. The SMILES string of the molecule is CCCC(C)(C)CNC(=O)CNC(=O)CNC(=O)CN(CC(=O)OC)C(=O)CNC(=O)CN. The van der Waals surface area contributed by atoms with Crippen LogP contribution in [0.5, 0.6) is 0 Å². The van der Waals surface area contributed by atoms with Crippen molar-refractivity contribution in [1.29, 1.82) is 0 Å². The molecule has 0 bridgehead atoms. The van der Waals surface area contributed by atoms with Crippen LogP contribution < -0.4 is 27.0 Å². The molecule has 0 saturated heterocycles. The smallest absolute Gasteiger partial charge is 0.325 e. The Labute approximate surface area is 193 Å². The molecule has 0 saturated carbocycles. The maximum absolute atomic E-state index is 12.2. The number of carbonyl (C=O) groups is 6. The van der Waals surface area contributed by atoms with Gasteiger partial charge in [-0.1, -0.05) is 27.2 Å². The van der Waals surface area contributed by atoms with Crippen LogP contribution in [0.3, 0.4) is 0 Å². The van der Waals surface area contributed by atoms with Crippen molar-refractivity contribution < 1.29 is 33.5 Å². The minimum Gasteiger partial charge on any atom is -0.468 e. The van der Waals surface area contributed by atoms with Crippen molar-refractivity contribution in [1.82, 2.24) is 26.2 Å². The Morgan fingerprint density at radius 2 is 1.36 bits per heavy atom. The second-order valence-electron chi connectivity index (χ2n) is 8.05. The molecule has 6 N–H and O–H groups in total. The Bertz CT molecular complexity index is 711. The third-order valence-electron chi connectivity index (χ3n) is 4.44. The molecule has 0 aliphatic heterocycles. The van der Waals surface area contributed by atoms with Crippen LogP contribution in [0.15, 0.2) is 0 Å². The summed E-state index contributed by atoms with van der Waals surface area (Å²) in [6.07, 6.45) is 1.94. The third-order valence-corrected chi connectivity index (χ3v) is 4.44. The number of nitrogens with two attached hydrogens (primary N) is 1. The summed E-state index contributed by atoms with van der Waals surface area (Å²) < 4.78 is 4.49. The highest BCUT2D eigenvalue weighted by Crippen LogP contribution is 2.20. The van der Waals surface area contributed by atoms with E-state index in [1.54, 1.807) is 0 Å². The standard InChI is InChI=1S/C20H36N6O7/c1-5-6-20(2,3)13-25-16(29)9-22-15(28)8-23-17(30)11-26(12-19(32)33-4)18(31)10-24-14(27)7-21/h5-13,21H2,1-4H3,(H,22,28)(H,23,30)(H,24,27)(H,25,29). The molecule has 0 radical (unpaired) electrons. The average molecular weight is 473 g/mol. The normalized spacial score (nSPS) is 10.6. The van der Waals surface area contributed by atoms with E-state index in [0.29, 0.717) is 6.54 Å². The van der Waals surface area contributed by atoms with Gasteiger partial charge in [0, 0.05) is 6.54 Å². The molecule has 13 heteroatoms. The molecule has 0 aromatic heterocycles. The van der Waals surface area contributed by atoms with Crippen LogP contribution in [0.2, 0.25) is 0 Å². The quantitative estimate of drug-likeness (QED) is 0.158. The van der Waals surface area contributed by atoms with Crippen LogP contribution in [0.25, 0.3) is 0 Å². The number of nitrogens with zero attached hydrogens (tertiary/aromatic N) is 1. The highest BCUT2D eigenvalue weighted by atomic mass is 16.5. The van der Waals surface area contributed by atoms with E-state index in [0.717, 1.165) is 24.9 Å². The maximum atomic E-state index is 12.2. The Morgan fingerprint density at radius 3 is 1.91 bits per heavy atom. The van der Waals surface area contributed by atoms with Gasteiger partial charge in [-0.3, -0.25) is 28.8 Å². The third kappa shape index (κ3) is 14.5. The molecule has 0 fully saturated rings. The zero-order chi connectivity index (χ0) is 25.4. The first-order valence-electron chi connectivity index (χ1n) is 10.6. The summed E-state index contributed by atoms with van der Waals surface area (Å²) in [4.78, 5) is 71.7. The fraction of sp³-hybridized carbons (Fsp3) is 0.700. The summed E-state index contributed by atoms with van der Waals surface area (Å²) in [5.74, 6) is -3.75. The number of carbonyl (C=O) groups excluding carboxylic acids is 6. The minimum atomic E-state index is -0.771. The molecule has 0 rings (SSSR count). The van der Waals surface area contributed by atoms with Crippen molar-refractivity contribution in [3.05, 3.63) is 0 Å². The Hall–Kier alpha value is -3.22. The van der Waals surface area contributed by atoms with Crippen molar-refractivity contribution in [2.75, 3.05) is 52.9 Å². The predicted octanol–water partition coefficient (Wildman–Crippen LogP) is -2.76. The molecule has 0 aliphatic carbocycles. The van der Waals surface area contributed by atoms with E-state index in [1.807, 2.05) is 13.8 Å². The molecule has 0 heterocycles. The minimum absolute atomic E-state index is 0.0526. The Kier molecular flexibility index (Phi) is 14.0. The fourth-order valence-corrected chi connectivity index (χ4v) is 2.63. The molecule has 188 valence electrons. The second kappa shape index (κ2) is 15.6. The Balaban J connectivity index is 4.51. The summed E-state index contributed by atoms with van der Waals surface area (Å²) in [6, 6.07) is 0. The summed E-state index contributed by atoms with van der Waals surface area (Å²) in [5.41, 5.74) is 5.09. The van der Waals surface area contributed by atoms with Gasteiger partial charge in [0.1, 0.15) is 13.1 Å². The zero-order valence-corrected chi connectivity index (χ0v) is 19.7. The number of amides is 5. The van der Waals surface area contributed by atoms with Gasteiger partial charge in [-0.2, -0.15) is 0 Å². The number of esters is 1. The molecular weight excluding hydrogens is 436 g/mol. The highest BCUT2D eigenvalue weighted by Gasteiger charge is 2.21. The van der Waals surface area contributed by atoms with Gasteiger partial charge in [0.25, 0.3) is 0 Å². The summed E-state index contributed by atoms with van der Waals surface area (Å²) in [7, 11) is 1.12. The van der Waals surface area contributed by atoms with Crippen LogP contribution in [0.1, 0.15) is 33.6 Å². The molecular formula is C20H36N6O7. The van der Waals surface area contributed by atoms with E-state index in [2.05, 4.69) is 32.9 Å². The Morgan fingerprint density at radius 1 is 0.818 bits per heavy atom. The lowest BCUT2D eigenvalue weighted by atomic mass is 9.88. The summed E-state index contributed by atoms with van der Waals surface area (Å²) in [6.45, 7) is 4.05. The van der Waals surface area contributed by atoms with Crippen molar-refractivity contribution >= 4 is 35.5 Å². The first-order chi connectivity index (χ1) is 15.4. The summed E-state index contributed by atoms with van der Waals surface area (Å²) >= 11 is 0. The van der Waals surface area contributed by atoms with Crippen molar-refractivity contribution in [2.45, 2.75) is 33.6 Å². The molecule has 0 aromatic rings. The van der Waals surface area contributed by atoms with Gasteiger partial charge in [-0.25, -0.2) is 0 Å². The van der Waals surface area contributed by atoms with Crippen molar-refractivity contribution in [2.24, 2.45) is 11.1 Å². The van der Waals surface area contributed by atoms with Crippen molar-refractivity contribution in [3.63, 3.8) is 0 Å². The largest absolute Gasteiger partial charge is 0.468 e. The van der Waals surface area contributed by atoms with E-state index in [9.17, 15) is 28.8 Å². The molecule has 0 atom stereocenters. The van der Waals surface area contributed by atoms with E-state index in [4.69, 9.17) is 5.73 Å². The monoisotopic (exact) mass is 472 g/mol. The molecule has 5 amide bonds. The van der Waals surface area contributed by atoms with Crippen LogP contribution in [0.4, 0.5) is 0 Å². The first-order valence-corrected chi connectivity index (χ1v) is 10.6. The van der Waals surface area contributed by atoms with Gasteiger partial charge in [0.05, 0.1) is 33.3 Å². The fourth-order valence-electron chi connectivity index (χ4n) is 2.63. The molecule has 33 heavy (non-hydrogen) atoms. The van der Waals surface area contributed by atoms with E-state index < -0.39 is 55.8 Å². The van der Waals surface area contributed by atoms with E-state index in [1.165, 1.54) is 0 Å². The van der Waals surface area contributed by atoms with Crippen LogP contribution in [-0.4, -0.2) is 93.3 Å². The number of hydrogen-bond donors (Lipinski definition) is 5. The number of hydrogen-bond acceptors (Lipinski definition) is 8. The molecule has 0 aliphatic rings. The number of ether oxygens (including phenoxy) is 1. The lowest BCUT2D eigenvalue weighted by Crippen LogP contribution is -2.49. The van der Waals surface area contributed by atoms with Gasteiger partial charge in [-0.05, 0) is 11.8 Å². The van der Waals surface area contributed by atoms with Crippen molar-refractivity contribution in [3.8, 4) is 0 Å². The van der Waals surface area contributed by atoms with Crippen LogP contribution in [-0.2, 0) is 33.5 Å². The lowest BCUT2D eigenvalue weighted by molar-refractivity contribution is -0.148. The number of rotatable bonds is 15. The van der Waals surface area contributed by atoms with Gasteiger partial charge in [0.2, 0.25) is 29.5 Å². The predicted molar refractivity (Wildman–Crippen MR) is 118 cm³/mol. The molecule has 0 spiro atoms. The first kappa shape index (κ1) is 29.8. The van der Waals surface area contributed by atoms with Gasteiger partial charge in [0.15, 0.2) is 0 Å². The van der Waals surface area contributed by atoms with E-state index in [-0.39, 0.29) is 24.4 Å². The maximum Gasteiger partial charge on any atom is 0.325 e. The van der Waals surface area contributed by atoms with Gasteiger partial charge < -0.3 is 36.6 Å². The van der Waals surface area contributed by atoms with Gasteiger partial charge in [-0.15, -0.1) is 0 Å². The molecule has 0 unspecified atom stereocenters. The zero-order valence-electron chi connectivity index (χ0n) is 19.7. The topological polar surface area (TPSA) is 189 Å². The van der Waals surface area contributed by atoms with Gasteiger partial charge >= 0.3 is 5.97 Å². The summed E-state index contributed by atoms with van der Waals surface area (Å²) in [5, 5.41) is 9.67. The molecule has 0 aromatic carbocycles. The lowest BCUT2D eigenvalue weighted by Gasteiger charge is -2.24. The number of methoxy groups -OCH3 is 1. The molecule has 13 nitrogen and oxygen atoms in total. The van der Waals surface area contributed by atoms with E-state index >= 15 is 0 Å². The van der Waals surface area contributed by atoms with Crippen LogP contribution >= 0.6 is 0 Å². The second-order valence-corrected chi connectivity index (χ2v) is 8.05. The van der Waals surface area contributed by atoms with Crippen LogP contribution in [0, 0.1) is 5.41 Å².